The van der Waals surface area contributed by atoms with Crippen LogP contribution in [0.15, 0.2) is 12.1 Å². The number of hydrogen-bond acceptors (Lipinski definition) is 2. The lowest BCUT2D eigenvalue weighted by atomic mass is 9.99. The van der Waals surface area contributed by atoms with Crippen molar-refractivity contribution in [2.75, 3.05) is 11.4 Å². The molecule has 3 rings (SSSR count). The molecule has 0 N–H and O–H groups in total. The Kier molecular flexibility index (Phi) is 5.60. The molecule has 2 aromatic carbocycles. The van der Waals surface area contributed by atoms with Gasteiger partial charge in [-0.3, -0.25) is 9.69 Å². The van der Waals surface area contributed by atoms with Gasteiger partial charge in [0.2, 0.25) is 0 Å². The second-order valence-electron chi connectivity index (χ2n) is 5.98. The molecule has 1 amide bonds. The number of ether oxygens (including phenoxy) is 1. The van der Waals surface area contributed by atoms with Crippen molar-refractivity contribution in [2.45, 2.75) is 11.4 Å². The number of fused-ring (bicyclic) bond motifs is 1. The first-order valence-electron chi connectivity index (χ1n) is 7.70. The summed E-state index contributed by atoms with van der Waals surface area (Å²) in [5.74, 6) is -1.96. The number of carbonyl (C=O) groups excluding carboxylic acids is 1. The van der Waals surface area contributed by atoms with E-state index in [0.717, 1.165) is 4.90 Å². The van der Waals surface area contributed by atoms with E-state index in [9.17, 15) is 18.0 Å². The fraction of sp³-hybridized carbons (Fsp3) is 0.167. The van der Waals surface area contributed by atoms with E-state index >= 15 is 0 Å². The van der Waals surface area contributed by atoms with Gasteiger partial charge < -0.3 is 4.74 Å². The maximum atomic E-state index is 14.8. The maximum Gasteiger partial charge on any atom is 0.339 e. The molecule has 0 spiro atoms. The van der Waals surface area contributed by atoms with Crippen LogP contribution in [0.3, 0.4) is 0 Å². The average molecular weight is 464 g/mol. The van der Waals surface area contributed by atoms with E-state index in [1.165, 1.54) is 19.1 Å². The Morgan fingerprint density at radius 3 is 2.46 bits per heavy atom. The molecular formula is C18H12Cl2F3NO2P2. The topological polar surface area (TPSA) is 29.5 Å². The van der Waals surface area contributed by atoms with Crippen LogP contribution in [0.1, 0.15) is 5.56 Å². The molecule has 1 aliphatic rings. The van der Waals surface area contributed by atoms with Crippen LogP contribution in [0.2, 0.25) is 0 Å². The summed E-state index contributed by atoms with van der Waals surface area (Å²) in [5, 5.41) is 0.0644. The van der Waals surface area contributed by atoms with Crippen molar-refractivity contribution in [2.24, 2.45) is 0 Å². The van der Waals surface area contributed by atoms with Crippen molar-refractivity contribution in [1.82, 2.24) is 0 Å². The SMILES string of the molecule is C#CCN1C(=O)C(Cl)(Cl)Oc2cc(P)c(-c3c(F)c(C)c(P)c(F)c3F)cc21. The Bertz CT molecular complexity index is 1040. The fourth-order valence-corrected chi connectivity index (χ4v) is 3.82. The van der Waals surface area contributed by atoms with E-state index < -0.39 is 33.4 Å². The smallest absolute Gasteiger partial charge is 0.339 e. The van der Waals surface area contributed by atoms with Gasteiger partial charge in [-0.15, -0.1) is 24.9 Å². The Morgan fingerprint density at radius 1 is 1.21 bits per heavy atom. The lowest BCUT2D eigenvalue weighted by Gasteiger charge is -2.35. The fourth-order valence-electron chi connectivity index (χ4n) is 2.82. The minimum atomic E-state index is -2.21. The van der Waals surface area contributed by atoms with Crippen LogP contribution in [0.25, 0.3) is 11.1 Å². The molecule has 10 heteroatoms. The average Bonchev–Trinajstić information content (AvgIpc) is 2.63. The normalized spacial score (nSPS) is 15.1. The van der Waals surface area contributed by atoms with Gasteiger partial charge in [-0.2, -0.15) is 0 Å². The minimum Gasteiger partial charge on any atom is -0.448 e. The second kappa shape index (κ2) is 7.39. The lowest BCUT2D eigenvalue weighted by Crippen LogP contribution is -2.49. The largest absolute Gasteiger partial charge is 0.448 e. The Balaban J connectivity index is 2.32. The first kappa shape index (κ1) is 21.2. The second-order valence-corrected chi connectivity index (χ2v) is 8.43. The molecule has 0 saturated heterocycles. The zero-order valence-corrected chi connectivity index (χ0v) is 18.1. The number of anilines is 1. The number of benzene rings is 2. The predicted molar refractivity (Wildman–Crippen MR) is 111 cm³/mol. The molecular weight excluding hydrogens is 452 g/mol. The summed E-state index contributed by atoms with van der Waals surface area (Å²) < 4.78 is 46.8. The third kappa shape index (κ3) is 3.25. The van der Waals surface area contributed by atoms with E-state index in [1.54, 1.807) is 0 Å². The van der Waals surface area contributed by atoms with Gasteiger partial charge in [0.05, 0.1) is 17.8 Å². The molecule has 2 aromatic rings. The number of rotatable bonds is 2. The molecule has 3 nitrogen and oxygen atoms in total. The highest BCUT2D eigenvalue weighted by atomic mass is 35.5. The Hall–Kier alpha value is -1.50. The standard InChI is InChI=1S/C18H12Cl2F3NO2P2/c1-3-4-24-9-5-8(11(27)6-10(9)26-18(19,20)17(24)25)12-13(21)7(2)16(28)15(23)14(12)22/h1,5-6H,4,27-28H2,2H3. The highest BCUT2D eigenvalue weighted by molar-refractivity contribution is 7.28. The van der Waals surface area contributed by atoms with Gasteiger partial charge in [-0.25, -0.2) is 13.2 Å². The Morgan fingerprint density at radius 2 is 1.86 bits per heavy atom. The highest BCUT2D eigenvalue weighted by Crippen LogP contribution is 2.44. The molecule has 146 valence electrons. The van der Waals surface area contributed by atoms with Crippen molar-refractivity contribution in [3.63, 3.8) is 0 Å². The summed E-state index contributed by atoms with van der Waals surface area (Å²) in [6, 6.07) is 2.64. The number of amides is 1. The summed E-state index contributed by atoms with van der Waals surface area (Å²) in [4.78, 5) is 13.5. The van der Waals surface area contributed by atoms with Gasteiger partial charge in [0.25, 0.3) is 0 Å². The third-order valence-electron chi connectivity index (χ3n) is 4.27. The summed E-state index contributed by atoms with van der Waals surface area (Å²) in [6.07, 6.45) is 5.30. The zero-order chi connectivity index (χ0) is 21.0. The van der Waals surface area contributed by atoms with E-state index in [1.807, 2.05) is 9.24 Å². The van der Waals surface area contributed by atoms with E-state index in [2.05, 4.69) is 15.2 Å². The number of alkyl halides is 2. The van der Waals surface area contributed by atoms with Crippen molar-refractivity contribution < 1.29 is 22.7 Å². The van der Waals surface area contributed by atoms with E-state index in [4.69, 9.17) is 34.4 Å². The van der Waals surface area contributed by atoms with Crippen LogP contribution in [0.4, 0.5) is 18.9 Å². The van der Waals surface area contributed by atoms with Gasteiger partial charge in [0.15, 0.2) is 11.6 Å². The van der Waals surface area contributed by atoms with Gasteiger partial charge in [0, 0.05) is 5.30 Å². The lowest BCUT2D eigenvalue weighted by molar-refractivity contribution is -0.124. The van der Waals surface area contributed by atoms with Crippen LogP contribution in [-0.2, 0) is 4.79 Å². The van der Waals surface area contributed by atoms with Crippen LogP contribution in [0.5, 0.6) is 5.75 Å². The van der Waals surface area contributed by atoms with Crippen molar-refractivity contribution in [3.8, 4) is 29.2 Å². The van der Waals surface area contributed by atoms with Crippen LogP contribution >= 0.6 is 41.7 Å². The summed E-state index contributed by atoms with van der Waals surface area (Å²) >= 11 is 11.8. The summed E-state index contributed by atoms with van der Waals surface area (Å²) in [5.41, 5.74) is -0.529. The monoisotopic (exact) mass is 463 g/mol. The van der Waals surface area contributed by atoms with Crippen molar-refractivity contribution >= 4 is 63.9 Å². The molecule has 0 aliphatic carbocycles. The molecule has 0 radical (unpaired) electrons. The first-order valence-corrected chi connectivity index (χ1v) is 9.61. The molecule has 1 heterocycles. The molecule has 1 aliphatic heterocycles. The summed E-state index contributed by atoms with van der Waals surface area (Å²) in [7, 11) is 4.25. The number of terminal acetylenes is 1. The quantitative estimate of drug-likeness (QED) is 0.295. The molecule has 0 bridgehead atoms. The predicted octanol–water partition coefficient (Wildman–Crippen LogP) is 3.57. The van der Waals surface area contributed by atoms with Crippen LogP contribution < -0.4 is 20.2 Å². The molecule has 0 aromatic heterocycles. The zero-order valence-electron chi connectivity index (χ0n) is 14.2. The highest BCUT2D eigenvalue weighted by Gasteiger charge is 2.46. The van der Waals surface area contributed by atoms with Crippen LogP contribution in [-0.4, -0.2) is 17.0 Å². The number of carbonyl (C=O) groups is 1. The molecule has 0 fully saturated rings. The van der Waals surface area contributed by atoms with Gasteiger partial charge in [0.1, 0.15) is 11.6 Å². The van der Waals surface area contributed by atoms with Gasteiger partial charge >= 0.3 is 10.4 Å². The number of hydrogen-bond donors (Lipinski definition) is 0. The van der Waals surface area contributed by atoms with E-state index in [0.29, 0.717) is 0 Å². The Labute approximate surface area is 173 Å². The molecule has 2 unspecified atom stereocenters. The number of halogens is 5. The minimum absolute atomic E-state index is 0.000756. The van der Waals surface area contributed by atoms with Gasteiger partial charge in [-0.05, 0) is 58.7 Å². The molecule has 2 atom stereocenters. The number of nitrogens with zero attached hydrogens (tertiary/aromatic N) is 1. The molecule has 0 saturated carbocycles. The van der Waals surface area contributed by atoms with Gasteiger partial charge in [-0.1, -0.05) is 5.92 Å². The first-order chi connectivity index (χ1) is 13.0. The van der Waals surface area contributed by atoms with Crippen LogP contribution in [0, 0.1) is 36.7 Å². The molecule has 28 heavy (non-hydrogen) atoms. The van der Waals surface area contributed by atoms with Crippen molar-refractivity contribution in [1.29, 1.82) is 0 Å². The summed E-state index contributed by atoms with van der Waals surface area (Å²) in [6.45, 7) is 1.12. The third-order valence-corrected chi connectivity index (χ3v) is 5.92. The van der Waals surface area contributed by atoms with E-state index in [-0.39, 0.29) is 39.7 Å². The maximum absolute atomic E-state index is 14.8. The van der Waals surface area contributed by atoms with Crippen molar-refractivity contribution in [3.05, 3.63) is 35.1 Å².